The van der Waals surface area contributed by atoms with Crippen molar-refractivity contribution in [2.75, 3.05) is 25.0 Å². The van der Waals surface area contributed by atoms with E-state index in [-0.39, 0.29) is 0 Å². The standard InChI is InChI=1S/C17H25N3O3/c1-17(2,3)23-16(22)19(4)14(12-21)13-7-8-15(18-11-13)20-9-5-6-10-20/h7-8,11-12,14H,5-6,9-10H2,1-4H3. The Hall–Kier alpha value is -2.11. The highest BCUT2D eigenvalue weighted by Gasteiger charge is 2.26. The number of ether oxygens (including phenoxy) is 1. The number of aromatic nitrogens is 1. The maximum atomic E-state index is 12.1. The number of amides is 1. The number of hydrogen-bond donors (Lipinski definition) is 0. The average molecular weight is 319 g/mol. The van der Waals surface area contributed by atoms with Crippen LogP contribution in [0, 0.1) is 0 Å². The molecule has 2 heterocycles. The van der Waals surface area contributed by atoms with Crippen LogP contribution in [-0.2, 0) is 9.53 Å². The summed E-state index contributed by atoms with van der Waals surface area (Å²) in [6.07, 6.45) is 4.23. The number of hydrogen-bond acceptors (Lipinski definition) is 5. The molecule has 1 unspecified atom stereocenters. The molecule has 0 N–H and O–H groups in total. The van der Waals surface area contributed by atoms with E-state index in [0.717, 1.165) is 25.2 Å². The van der Waals surface area contributed by atoms with Gasteiger partial charge in [0.15, 0.2) is 0 Å². The quantitative estimate of drug-likeness (QED) is 0.799. The molecule has 1 aromatic rings. The molecule has 1 fully saturated rings. The van der Waals surface area contributed by atoms with Crippen molar-refractivity contribution < 1.29 is 14.3 Å². The Bertz CT molecular complexity index is 545. The van der Waals surface area contributed by atoms with Gasteiger partial charge < -0.3 is 14.4 Å². The summed E-state index contributed by atoms with van der Waals surface area (Å²) in [5.41, 5.74) is 0.0766. The van der Waals surface area contributed by atoms with Gasteiger partial charge in [-0.1, -0.05) is 6.07 Å². The number of carbonyl (C=O) groups excluding carboxylic acids is 2. The van der Waals surface area contributed by atoms with Crippen LogP contribution in [0.3, 0.4) is 0 Å². The van der Waals surface area contributed by atoms with Crippen molar-refractivity contribution in [1.29, 1.82) is 0 Å². The SMILES string of the molecule is CN(C(=O)OC(C)(C)C)C(C=O)c1ccc(N2CCCC2)nc1. The van der Waals surface area contributed by atoms with Crippen molar-refractivity contribution in [3.8, 4) is 0 Å². The fourth-order valence-electron chi connectivity index (χ4n) is 2.55. The molecule has 0 radical (unpaired) electrons. The number of anilines is 1. The summed E-state index contributed by atoms with van der Waals surface area (Å²) in [6, 6.07) is 3.05. The van der Waals surface area contributed by atoms with Crippen molar-refractivity contribution in [3.63, 3.8) is 0 Å². The maximum absolute atomic E-state index is 12.1. The monoisotopic (exact) mass is 319 g/mol. The third-order valence-corrected chi connectivity index (χ3v) is 3.77. The molecule has 1 aliphatic rings. The fraction of sp³-hybridized carbons (Fsp3) is 0.588. The van der Waals surface area contributed by atoms with E-state index in [1.807, 2.05) is 12.1 Å². The molecule has 126 valence electrons. The first-order chi connectivity index (χ1) is 10.8. The summed E-state index contributed by atoms with van der Waals surface area (Å²) in [5, 5.41) is 0. The molecule has 1 aliphatic heterocycles. The Morgan fingerprint density at radius 2 is 2.00 bits per heavy atom. The van der Waals surface area contributed by atoms with Gasteiger partial charge in [0.1, 0.15) is 23.7 Å². The van der Waals surface area contributed by atoms with Crippen LogP contribution in [0.15, 0.2) is 18.3 Å². The molecule has 1 amide bonds. The Balaban J connectivity index is 2.10. The number of rotatable bonds is 4. The van der Waals surface area contributed by atoms with Gasteiger partial charge >= 0.3 is 6.09 Å². The molecule has 0 aromatic carbocycles. The Morgan fingerprint density at radius 3 is 2.48 bits per heavy atom. The molecular weight excluding hydrogens is 294 g/mol. The molecule has 0 bridgehead atoms. The second-order valence-electron chi connectivity index (χ2n) is 6.82. The molecule has 2 rings (SSSR count). The van der Waals surface area contributed by atoms with Gasteiger partial charge in [-0.2, -0.15) is 0 Å². The van der Waals surface area contributed by atoms with E-state index in [0.29, 0.717) is 5.56 Å². The lowest BCUT2D eigenvalue weighted by Crippen LogP contribution is -2.37. The number of aldehydes is 1. The first kappa shape index (κ1) is 17.2. The Morgan fingerprint density at radius 1 is 1.35 bits per heavy atom. The van der Waals surface area contributed by atoms with E-state index in [1.54, 1.807) is 34.0 Å². The molecular formula is C17H25N3O3. The van der Waals surface area contributed by atoms with Gasteiger partial charge in [-0.25, -0.2) is 9.78 Å². The van der Waals surface area contributed by atoms with Crippen LogP contribution in [-0.4, -0.2) is 48.0 Å². The van der Waals surface area contributed by atoms with Gasteiger partial charge in [-0.05, 0) is 39.7 Å². The zero-order valence-corrected chi connectivity index (χ0v) is 14.3. The van der Waals surface area contributed by atoms with Crippen LogP contribution in [0.25, 0.3) is 0 Å². The van der Waals surface area contributed by atoms with Gasteiger partial charge in [-0.15, -0.1) is 0 Å². The van der Waals surface area contributed by atoms with Crippen molar-refractivity contribution in [1.82, 2.24) is 9.88 Å². The molecule has 1 aromatic heterocycles. The summed E-state index contributed by atoms with van der Waals surface area (Å²) in [6.45, 7) is 7.41. The predicted molar refractivity (Wildman–Crippen MR) is 88.5 cm³/mol. The maximum Gasteiger partial charge on any atom is 0.410 e. The minimum Gasteiger partial charge on any atom is -0.444 e. The van der Waals surface area contributed by atoms with Crippen molar-refractivity contribution in [2.45, 2.75) is 45.3 Å². The normalized spacial score (nSPS) is 16.1. The molecule has 6 heteroatoms. The van der Waals surface area contributed by atoms with Gasteiger partial charge in [0.2, 0.25) is 0 Å². The summed E-state index contributed by atoms with van der Waals surface area (Å²) >= 11 is 0. The first-order valence-corrected chi connectivity index (χ1v) is 7.94. The zero-order chi connectivity index (χ0) is 17.0. The van der Waals surface area contributed by atoms with E-state index < -0.39 is 17.7 Å². The van der Waals surface area contributed by atoms with Crippen LogP contribution in [0.5, 0.6) is 0 Å². The molecule has 1 saturated heterocycles. The second-order valence-corrected chi connectivity index (χ2v) is 6.82. The molecule has 6 nitrogen and oxygen atoms in total. The van der Waals surface area contributed by atoms with Crippen LogP contribution in [0.1, 0.15) is 45.2 Å². The van der Waals surface area contributed by atoms with Crippen LogP contribution in [0.2, 0.25) is 0 Å². The number of pyridine rings is 1. The predicted octanol–water partition coefficient (Wildman–Crippen LogP) is 2.79. The topological polar surface area (TPSA) is 62.7 Å². The largest absolute Gasteiger partial charge is 0.444 e. The zero-order valence-electron chi connectivity index (χ0n) is 14.3. The van der Waals surface area contributed by atoms with Gasteiger partial charge in [-0.3, -0.25) is 4.90 Å². The molecule has 1 atom stereocenters. The van der Waals surface area contributed by atoms with E-state index >= 15 is 0 Å². The Labute approximate surface area is 137 Å². The summed E-state index contributed by atoms with van der Waals surface area (Å²) in [7, 11) is 1.56. The third-order valence-electron chi connectivity index (χ3n) is 3.77. The molecule has 0 spiro atoms. The fourth-order valence-corrected chi connectivity index (χ4v) is 2.55. The van der Waals surface area contributed by atoms with Crippen LogP contribution in [0.4, 0.5) is 10.6 Å². The average Bonchev–Trinajstić information content (AvgIpc) is 3.01. The molecule has 23 heavy (non-hydrogen) atoms. The lowest BCUT2D eigenvalue weighted by atomic mass is 10.1. The lowest BCUT2D eigenvalue weighted by molar-refractivity contribution is -0.112. The van der Waals surface area contributed by atoms with Crippen LogP contribution < -0.4 is 4.90 Å². The highest BCUT2D eigenvalue weighted by Crippen LogP contribution is 2.23. The Kier molecular flexibility index (Phi) is 5.23. The number of nitrogens with zero attached hydrogens (tertiary/aromatic N) is 3. The van der Waals surface area contributed by atoms with Gasteiger partial charge in [0.05, 0.1) is 0 Å². The van der Waals surface area contributed by atoms with E-state index in [1.165, 1.54) is 17.7 Å². The van der Waals surface area contributed by atoms with Crippen molar-refractivity contribution in [3.05, 3.63) is 23.9 Å². The van der Waals surface area contributed by atoms with Gasteiger partial charge in [0.25, 0.3) is 0 Å². The minimum atomic E-state index is -0.704. The second kappa shape index (κ2) is 6.98. The number of likely N-dealkylation sites (N-methyl/N-ethyl adjacent to an activating group) is 1. The van der Waals surface area contributed by atoms with Crippen molar-refractivity contribution in [2.24, 2.45) is 0 Å². The summed E-state index contributed by atoms with van der Waals surface area (Å²) in [4.78, 5) is 31.5. The summed E-state index contributed by atoms with van der Waals surface area (Å²) in [5.74, 6) is 0.913. The first-order valence-electron chi connectivity index (χ1n) is 7.94. The van der Waals surface area contributed by atoms with Crippen LogP contribution >= 0.6 is 0 Å². The van der Waals surface area contributed by atoms with E-state index in [2.05, 4.69) is 9.88 Å². The molecule has 0 aliphatic carbocycles. The smallest absolute Gasteiger partial charge is 0.410 e. The van der Waals surface area contributed by atoms with E-state index in [9.17, 15) is 9.59 Å². The lowest BCUT2D eigenvalue weighted by Gasteiger charge is -2.28. The van der Waals surface area contributed by atoms with E-state index in [4.69, 9.17) is 4.74 Å². The minimum absolute atomic E-state index is 0.529. The highest BCUT2D eigenvalue weighted by atomic mass is 16.6. The third kappa shape index (κ3) is 4.43. The molecule has 0 saturated carbocycles. The number of carbonyl (C=O) groups is 2. The highest BCUT2D eigenvalue weighted by molar-refractivity contribution is 5.74. The van der Waals surface area contributed by atoms with Gasteiger partial charge in [0, 0.05) is 31.9 Å². The van der Waals surface area contributed by atoms with Crippen molar-refractivity contribution >= 4 is 18.2 Å². The summed E-state index contributed by atoms with van der Waals surface area (Å²) < 4.78 is 5.31.